The summed E-state index contributed by atoms with van der Waals surface area (Å²) in [6.45, 7) is 5.02. The van der Waals surface area contributed by atoms with Crippen molar-refractivity contribution in [3.05, 3.63) is 71.3 Å². The van der Waals surface area contributed by atoms with Gasteiger partial charge in [-0.15, -0.1) is 0 Å². The SMILES string of the molecule is CC(=O)N1CCC(CC(=O)N2CCN(C(=O)c3ccccc3)CC2)(N2Cc3ccccc3C2=O)CC1. The van der Waals surface area contributed by atoms with Gasteiger partial charge in [-0.1, -0.05) is 36.4 Å². The van der Waals surface area contributed by atoms with Gasteiger partial charge in [0.1, 0.15) is 0 Å². The van der Waals surface area contributed by atoms with Gasteiger partial charge in [0.05, 0.1) is 12.0 Å². The van der Waals surface area contributed by atoms with Crippen LogP contribution in [-0.2, 0) is 16.1 Å². The van der Waals surface area contributed by atoms with Gasteiger partial charge >= 0.3 is 0 Å². The summed E-state index contributed by atoms with van der Waals surface area (Å²) in [6.07, 6.45) is 1.38. The van der Waals surface area contributed by atoms with E-state index in [0.29, 0.717) is 69.8 Å². The molecule has 2 fully saturated rings. The van der Waals surface area contributed by atoms with Crippen LogP contribution in [0.4, 0.5) is 0 Å². The molecule has 5 rings (SSSR count). The lowest BCUT2D eigenvalue weighted by Gasteiger charge is -2.48. The van der Waals surface area contributed by atoms with Gasteiger partial charge in [-0.25, -0.2) is 0 Å². The molecule has 188 valence electrons. The average molecular weight is 489 g/mol. The van der Waals surface area contributed by atoms with Crippen molar-refractivity contribution in [3.8, 4) is 0 Å². The Labute approximate surface area is 211 Å². The zero-order valence-electron chi connectivity index (χ0n) is 20.7. The Balaban J connectivity index is 1.29. The Morgan fingerprint density at radius 2 is 1.39 bits per heavy atom. The number of carbonyl (C=O) groups is 4. The summed E-state index contributed by atoms with van der Waals surface area (Å²) in [5.41, 5.74) is 1.71. The summed E-state index contributed by atoms with van der Waals surface area (Å²) in [4.78, 5) is 59.0. The highest BCUT2D eigenvalue weighted by atomic mass is 16.2. The summed E-state index contributed by atoms with van der Waals surface area (Å²) in [5.74, 6) is -0.0313. The van der Waals surface area contributed by atoms with Crippen molar-refractivity contribution >= 4 is 23.6 Å². The molecule has 2 aromatic rings. The molecule has 0 bridgehead atoms. The van der Waals surface area contributed by atoms with Crippen LogP contribution in [0.5, 0.6) is 0 Å². The number of hydrogen-bond donors (Lipinski definition) is 0. The van der Waals surface area contributed by atoms with Crippen molar-refractivity contribution in [3.63, 3.8) is 0 Å². The normalized spacial score (nSPS) is 19.3. The fourth-order valence-electron chi connectivity index (χ4n) is 5.73. The molecular weight excluding hydrogens is 456 g/mol. The molecule has 3 aliphatic rings. The highest BCUT2D eigenvalue weighted by Crippen LogP contribution is 2.39. The highest BCUT2D eigenvalue weighted by molar-refractivity contribution is 5.99. The first-order valence-corrected chi connectivity index (χ1v) is 12.7. The summed E-state index contributed by atoms with van der Waals surface area (Å²) in [7, 11) is 0. The number of likely N-dealkylation sites (tertiary alicyclic amines) is 1. The predicted molar refractivity (Wildman–Crippen MR) is 134 cm³/mol. The third-order valence-corrected chi connectivity index (χ3v) is 7.95. The van der Waals surface area contributed by atoms with Crippen LogP contribution >= 0.6 is 0 Å². The molecule has 0 spiro atoms. The van der Waals surface area contributed by atoms with Crippen LogP contribution in [0.25, 0.3) is 0 Å². The molecular formula is C28H32N4O4. The van der Waals surface area contributed by atoms with Crippen LogP contribution in [0.1, 0.15) is 52.5 Å². The maximum absolute atomic E-state index is 13.6. The second kappa shape index (κ2) is 9.76. The number of piperazine rings is 1. The minimum atomic E-state index is -0.629. The quantitative estimate of drug-likeness (QED) is 0.662. The Morgan fingerprint density at radius 1 is 0.778 bits per heavy atom. The van der Waals surface area contributed by atoms with E-state index in [1.807, 2.05) is 64.4 Å². The van der Waals surface area contributed by atoms with Crippen molar-refractivity contribution in [2.75, 3.05) is 39.3 Å². The summed E-state index contributed by atoms with van der Waals surface area (Å²) in [6, 6.07) is 16.8. The number of carbonyl (C=O) groups excluding carboxylic acids is 4. The molecule has 0 saturated carbocycles. The van der Waals surface area contributed by atoms with E-state index in [9.17, 15) is 19.2 Å². The second-order valence-corrected chi connectivity index (χ2v) is 9.99. The van der Waals surface area contributed by atoms with Gasteiger partial charge in [0.15, 0.2) is 0 Å². The summed E-state index contributed by atoms with van der Waals surface area (Å²) in [5, 5.41) is 0. The van der Waals surface area contributed by atoms with Gasteiger partial charge in [0.2, 0.25) is 11.8 Å². The third-order valence-electron chi connectivity index (χ3n) is 7.95. The molecule has 36 heavy (non-hydrogen) atoms. The zero-order valence-corrected chi connectivity index (χ0v) is 20.7. The van der Waals surface area contributed by atoms with Crippen LogP contribution in [0.3, 0.4) is 0 Å². The fourth-order valence-corrected chi connectivity index (χ4v) is 5.73. The van der Waals surface area contributed by atoms with Crippen LogP contribution in [0.15, 0.2) is 54.6 Å². The first kappa shape index (κ1) is 24.0. The third kappa shape index (κ3) is 4.47. The number of fused-ring (bicyclic) bond motifs is 1. The van der Waals surface area contributed by atoms with E-state index < -0.39 is 5.54 Å². The lowest BCUT2D eigenvalue weighted by Crippen LogP contribution is -2.59. The number of piperidine rings is 1. The van der Waals surface area contributed by atoms with Gasteiger partial charge in [-0.3, -0.25) is 19.2 Å². The standard InChI is InChI=1S/C28H32N4O4/c1-21(33)29-13-11-28(12-14-29,32-20-23-9-5-6-10-24(23)27(32)36)19-25(34)30-15-17-31(18-16-30)26(35)22-7-3-2-4-8-22/h2-10H,11-20H2,1H3. The average Bonchev–Trinajstić information content (AvgIpc) is 3.26. The van der Waals surface area contributed by atoms with Crippen molar-refractivity contribution in [2.24, 2.45) is 0 Å². The zero-order chi connectivity index (χ0) is 25.3. The predicted octanol–water partition coefficient (Wildman–Crippen LogP) is 2.40. The van der Waals surface area contributed by atoms with Crippen LogP contribution in [-0.4, -0.2) is 88.0 Å². The summed E-state index contributed by atoms with van der Waals surface area (Å²) >= 11 is 0. The molecule has 0 N–H and O–H groups in total. The molecule has 3 heterocycles. The molecule has 3 aliphatic heterocycles. The van der Waals surface area contributed by atoms with Gasteiger partial charge < -0.3 is 19.6 Å². The van der Waals surface area contributed by atoms with E-state index in [1.54, 1.807) is 16.7 Å². The monoisotopic (exact) mass is 488 g/mol. The van der Waals surface area contributed by atoms with Crippen LogP contribution < -0.4 is 0 Å². The van der Waals surface area contributed by atoms with Gasteiger partial charge in [-0.05, 0) is 36.6 Å². The summed E-state index contributed by atoms with van der Waals surface area (Å²) < 4.78 is 0. The molecule has 0 unspecified atom stereocenters. The van der Waals surface area contributed by atoms with Gasteiger partial charge in [-0.2, -0.15) is 0 Å². The highest BCUT2D eigenvalue weighted by Gasteiger charge is 2.47. The van der Waals surface area contributed by atoms with Crippen molar-refractivity contribution in [1.82, 2.24) is 19.6 Å². The molecule has 2 aromatic carbocycles. The van der Waals surface area contributed by atoms with E-state index in [1.165, 1.54) is 0 Å². The maximum atomic E-state index is 13.6. The largest absolute Gasteiger partial charge is 0.343 e. The number of amides is 4. The first-order chi connectivity index (χ1) is 17.4. The lowest BCUT2D eigenvalue weighted by atomic mass is 9.82. The minimum absolute atomic E-state index is 0.00170. The molecule has 8 nitrogen and oxygen atoms in total. The molecule has 0 radical (unpaired) electrons. The van der Waals surface area contributed by atoms with Crippen LogP contribution in [0, 0.1) is 0 Å². The number of hydrogen-bond acceptors (Lipinski definition) is 4. The van der Waals surface area contributed by atoms with E-state index in [2.05, 4.69) is 0 Å². The Kier molecular flexibility index (Phi) is 6.51. The molecule has 0 aromatic heterocycles. The fraction of sp³-hybridized carbons (Fsp3) is 0.429. The Bertz CT molecular complexity index is 1170. The molecule has 4 amide bonds. The molecule has 0 atom stereocenters. The van der Waals surface area contributed by atoms with Crippen molar-refractivity contribution in [1.29, 1.82) is 0 Å². The lowest BCUT2D eigenvalue weighted by molar-refractivity contribution is -0.137. The molecule has 2 saturated heterocycles. The van der Waals surface area contributed by atoms with E-state index >= 15 is 0 Å². The van der Waals surface area contributed by atoms with E-state index in [-0.39, 0.29) is 30.0 Å². The Morgan fingerprint density at radius 3 is 2.03 bits per heavy atom. The van der Waals surface area contributed by atoms with Crippen molar-refractivity contribution < 1.29 is 19.2 Å². The second-order valence-electron chi connectivity index (χ2n) is 9.99. The van der Waals surface area contributed by atoms with Crippen LogP contribution in [0.2, 0.25) is 0 Å². The maximum Gasteiger partial charge on any atom is 0.254 e. The molecule has 0 aliphatic carbocycles. The van der Waals surface area contributed by atoms with Gasteiger partial charge in [0, 0.05) is 63.9 Å². The topological polar surface area (TPSA) is 81.2 Å². The number of benzene rings is 2. The van der Waals surface area contributed by atoms with Crippen molar-refractivity contribution in [2.45, 2.75) is 38.3 Å². The minimum Gasteiger partial charge on any atom is -0.343 e. The van der Waals surface area contributed by atoms with E-state index in [0.717, 1.165) is 5.56 Å². The first-order valence-electron chi connectivity index (χ1n) is 12.7. The number of rotatable bonds is 4. The number of nitrogens with zero attached hydrogens (tertiary/aromatic N) is 4. The smallest absolute Gasteiger partial charge is 0.254 e. The molecule has 8 heteroatoms. The van der Waals surface area contributed by atoms with Gasteiger partial charge in [0.25, 0.3) is 11.8 Å². The Hall–Kier alpha value is -3.68. The van der Waals surface area contributed by atoms with E-state index in [4.69, 9.17) is 0 Å².